The number of pyridine rings is 1. The number of rotatable bonds is 9. The number of nitrogens with one attached hydrogen (secondary N) is 1. The van der Waals surface area contributed by atoms with Crippen molar-refractivity contribution in [3.8, 4) is 27.8 Å². The molecule has 0 atom stereocenters. The molecular formula is C25H22FN3O3S. The van der Waals surface area contributed by atoms with E-state index in [2.05, 4.69) is 15.3 Å². The Kier molecular flexibility index (Phi) is 7.26. The number of hydrogen-bond donors (Lipinski definition) is 1. The minimum absolute atomic E-state index is 0.0994. The van der Waals surface area contributed by atoms with Crippen molar-refractivity contribution >= 4 is 17.2 Å². The number of benzene rings is 2. The van der Waals surface area contributed by atoms with E-state index >= 15 is 0 Å². The Morgan fingerprint density at radius 1 is 1.12 bits per heavy atom. The molecule has 33 heavy (non-hydrogen) atoms. The first-order chi connectivity index (χ1) is 16.1. The number of halogens is 1. The van der Waals surface area contributed by atoms with E-state index in [0.29, 0.717) is 23.6 Å². The molecule has 1 N–H and O–H groups in total. The summed E-state index contributed by atoms with van der Waals surface area (Å²) in [6, 6.07) is 15.7. The smallest absolute Gasteiger partial charge is 0.226 e. The Hall–Kier alpha value is -3.78. The largest absolute Gasteiger partial charge is 0.494 e. The lowest BCUT2D eigenvalue weighted by atomic mass is 10.2. The van der Waals surface area contributed by atoms with Crippen molar-refractivity contribution in [1.82, 2.24) is 15.3 Å². The van der Waals surface area contributed by atoms with Crippen molar-refractivity contribution < 1.29 is 18.7 Å². The van der Waals surface area contributed by atoms with Crippen LogP contribution in [0.15, 0.2) is 72.4 Å². The molecule has 4 rings (SSSR count). The molecule has 0 radical (unpaired) electrons. The summed E-state index contributed by atoms with van der Waals surface area (Å²) in [5.41, 5.74) is 2.29. The summed E-state index contributed by atoms with van der Waals surface area (Å²) in [6.45, 7) is 2.76. The molecule has 6 nitrogen and oxygen atoms in total. The predicted octanol–water partition coefficient (Wildman–Crippen LogP) is 5.39. The van der Waals surface area contributed by atoms with E-state index in [1.807, 2.05) is 36.6 Å². The van der Waals surface area contributed by atoms with Crippen LogP contribution < -0.4 is 14.8 Å². The Labute approximate surface area is 195 Å². The van der Waals surface area contributed by atoms with E-state index in [9.17, 15) is 9.18 Å². The Balaban J connectivity index is 1.30. The number of amides is 1. The average molecular weight is 464 g/mol. The number of ether oxygens (including phenoxy) is 2. The van der Waals surface area contributed by atoms with Gasteiger partial charge in [-0.1, -0.05) is 6.07 Å². The van der Waals surface area contributed by atoms with E-state index in [1.54, 1.807) is 24.4 Å². The van der Waals surface area contributed by atoms with E-state index < -0.39 is 5.82 Å². The van der Waals surface area contributed by atoms with E-state index in [0.717, 1.165) is 16.3 Å². The normalized spacial score (nSPS) is 10.6. The van der Waals surface area contributed by atoms with Gasteiger partial charge in [0, 0.05) is 23.7 Å². The van der Waals surface area contributed by atoms with Gasteiger partial charge in [0.2, 0.25) is 5.91 Å². The molecule has 0 saturated heterocycles. The van der Waals surface area contributed by atoms with Crippen molar-refractivity contribution in [2.45, 2.75) is 19.9 Å². The maximum absolute atomic E-state index is 14.4. The number of aromatic nitrogens is 2. The van der Waals surface area contributed by atoms with Gasteiger partial charge in [-0.2, -0.15) is 0 Å². The summed E-state index contributed by atoms with van der Waals surface area (Å²) in [4.78, 5) is 20.8. The van der Waals surface area contributed by atoms with Gasteiger partial charge in [-0.3, -0.25) is 9.78 Å². The van der Waals surface area contributed by atoms with Gasteiger partial charge < -0.3 is 14.8 Å². The van der Waals surface area contributed by atoms with Crippen LogP contribution in [0.25, 0.3) is 10.6 Å². The third kappa shape index (κ3) is 6.14. The van der Waals surface area contributed by atoms with Crippen LogP contribution in [0.2, 0.25) is 0 Å². The highest BCUT2D eigenvalue weighted by atomic mass is 32.1. The quantitative estimate of drug-likeness (QED) is 0.360. The molecule has 8 heteroatoms. The maximum atomic E-state index is 14.4. The van der Waals surface area contributed by atoms with Crippen LogP contribution in [0.3, 0.4) is 0 Å². The highest BCUT2D eigenvalue weighted by molar-refractivity contribution is 7.13. The van der Waals surface area contributed by atoms with E-state index in [1.165, 1.54) is 29.7 Å². The zero-order valence-electron chi connectivity index (χ0n) is 18.0. The molecule has 1 amide bonds. The summed E-state index contributed by atoms with van der Waals surface area (Å²) >= 11 is 1.48. The molecule has 0 aliphatic heterocycles. The zero-order valence-corrected chi connectivity index (χ0v) is 18.8. The van der Waals surface area contributed by atoms with Crippen LogP contribution in [-0.2, 0) is 17.8 Å². The van der Waals surface area contributed by atoms with Crippen LogP contribution in [-0.4, -0.2) is 22.5 Å². The molecule has 0 fully saturated rings. The summed E-state index contributed by atoms with van der Waals surface area (Å²) in [5, 5.41) is 5.52. The lowest BCUT2D eigenvalue weighted by molar-refractivity contribution is -0.120. The minimum atomic E-state index is -0.509. The SMILES string of the molecule is CCOc1ccc(-c2nc(CC(=O)NCc3ccc(Oc4cccnc4)c(F)c3)cs2)cc1. The number of carbonyl (C=O) groups is 1. The van der Waals surface area contributed by atoms with Gasteiger partial charge in [0.15, 0.2) is 11.6 Å². The first kappa shape index (κ1) is 22.4. The predicted molar refractivity (Wildman–Crippen MR) is 125 cm³/mol. The summed E-state index contributed by atoms with van der Waals surface area (Å²) in [6.07, 6.45) is 3.27. The molecule has 168 valence electrons. The zero-order chi connectivity index (χ0) is 23.0. The molecule has 0 aliphatic carbocycles. The Morgan fingerprint density at radius 3 is 2.70 bits per heavy atom. The molecular weight excluding hydrogens is 441 g/mol. The topological polar surface area (TPSA) is 73.3 Å². The van der Waals surface area contributed by atoms with Crippen molar-refractivity contribution in [3.05, 3.63) is 89.4 Å². The number of hydrogen-bond acceptors (Lipinski definition) is 6. The summed E-state index contributed by atoms with van der Waals surface area (Å²) in [7, 11) is 0. The van der Waals surface area contributed by atoms with Crippen molar-refractivity contribution in [1.29, 1.82) is 0 Å². The Bertz CT molecular complexity index is 1210. The molecule has 0 unspecified atom stereocenters. The van der Waals surface area contributed by atoms with Gasteiger partial charge in [0.25, 0.3) is 0 Å². The average Bonchev–Trinajstić information content (AvgIpc) is 3.29. The number of thiazole rings is 1. The van der Waals surface area contributed by atoms with Crippen molar-refractivity contribution in [2.75, 3.05) is 6.61 Å². The van der Waals surface area contributed by atoms with Crippen molar-refractivity contribution in [2.24, 2.45) is 0 Å². The lowest BCUT2D eigenvalue weighted by Crippen LogP contribution is -2.24. The maximum Gasteiger partial charge on any atom is 0.226 e. The fourth-order valence-electron chi connectivity index (χ4n) is 3.08. The molecule has 4 aromatic rings. The van der Waals surface area contributed by atoms with Gasteiger partial charge >= 0.3 is 0 Å². The molecule has 2 heterocycles. The highest BCUT2D eigenvalue weighted by Crippen LogP contribution is 2.26. The van der Waals surface area contributed by atoms with Gasteiger partial charge in [-0.05, 0) is 61.0 Å². The molecule has 0 spiro atoms. The lowest BCUT2D eigenvalue weighted by Gasteiger charge is -2.09. The second kappa shape index (κ2) is 10.7. The molecule has 0 aliphatic rings. The van der Waals surface area contributed by atoms with E-state index in [-0.39, 0.29) is 24.6 Å². The van der Waals surface area contributed by atoms with Crippen LogP contribution >= 0.6 is 11.3 Å². The number of nitrogens with zero attached hydrogens (tertiary/aromatic N) is 2. The van der Waals surface area contributed by atoms with Gasteiger partial charge in [-0.25, -0.2) is 9.37 Å². The second-order valence-electron chi connectivity index (χ2n) is 7.11. The van der Waals surface area contributed by atoms with Crippen LogP contribution in [0.1, 0.15) is 18.2 Å². The molecule has 0 bridgehead atoms. The Morgan fingerprint density at radius 2 is 1.97 bits per heavy atom. The molecule has 2 aromatic heterocycles. The van der Waals surface area contributed by atoms with Gasteiger partial charge in [0.1, 0.15) is 16.5 Å². The van der Waals surface area contributed by atoms with E-state index in [4.69, 9.17) is 9.47 Å². The first-order valence-corrected chi connectivity index (χ1v) is 11.3. The first-order valence-electron chi connectivity index (χ1n) is 10.4. The van der Waals surface area contributed by atoms with Gasteiger partial charge in [-0.15, -0.1) is 11.3 Å². The summed E-state index contributed by atoms with van der Waals surface area (Å²) < 4.78 is 25.3. The monoisotopic (exact) mass is 463 g/mol. The third-order valence-electron chi connectivity index (χ3n) is 4.65. The third-order valence-corrected chi connectivity index (χ3v) is 5.59. The molecule has 2 aromatic carbocycles. The fraction of sp³-hybridized carbons (Fsp3) is 0.160. The minimum Gasteiger partial charge on any atom is -0.494 e. The second-order valence-corrected chi connectivity index (χ2v) is 7.97. The van der Waals surface area contributed by atoms with Crippen molar-refractivity contribution in [3.63, 3.8) is 0 Å². The standard InChI is InChI=1S/C25H22FN3O3S/c1-2-31-20-8-6-18(7-9-20)25-29-19(16-33-25)13-24(30)28-14-17-5-10-23(22(26)12-17)32-21-4-3-11-27-15-21/h3-12,15-16H,2,13-14H2,1H3,(H,28,30). The van der Waals surface area contributed by atoms with Crippen LogP contribution in [0, 0.1) is 5.82 Å². The van der Waals surface area contributed by atoms with Gasteiger partial charge in [0.05, 0.1) is 24.9 Å². The highest BCUT2D eigenvalue weighted by Gasteiger charge is 2.11. The fourth-order valence-corrected chi connectivity index (χ4v) is 3.91. The number of carbonyl (C=O) groups excluding carboxylic acids is 1. The van der Waals surface area contributed by atoms with Crippen LogP contribution in [0.4, 0.5) is 4.39 Å². The summed E-state index contributed by atoms with van der Waals surface area (Å²) in [5.74, 6) is 0.665. The van der Waals surface area contributed by atoms with Crippen LogP contribution in [0.5, 0.6) is 17.2 Å². The molecule has 0 saturated carbocycles.